The zero-order chi connectivity index (χ0) is 18.2. The molecule has 0 saturated carbocycles. The van der Waals surface area contributed by atoms with Gasteiger partial charge in [-0.15, -0.1) is 0 Å². The van der Waals surface area contributed by atoms with Crippen molar-refractivity contribution in [2.45, 2.75) is 26.2 Å². The highest BCUT2D eigenvalue weighted by atomic mass is 32.1. The van der Waals surface area contributed by atoms with E-state index in [1.54, 1.807) is 23.4 Å². The quantitative estimate of drug-likeness (QED) is 0.606. The third-order valence-corrected chi connectivity index (χ3v) is 4.70. The maximum atomic E-state index is 12.9. The fourth-order valence-corrected chi connectivity index (χ4v) is 2.99. The number of carbonyl (C=O) groups is 1. The van der Waals surface area contributed by atoms with E-state index in [0.29, 0.717) is 16.5 Å². The first-order chi connectivity index (χ1) is 11.8. The van der Waals surface area contributed by atoms with Crippen molar-refractivity contribution in [1.29, 1.82) is 0 Å². The molecule has 1 saturated heterocycles. The summed E-state index contributed by atoms with van der Waals surface area (Å²) in [6.45, 7) is 6.54. The van der Waals surface area contributed by atoms with Crippen LogP contribution >= 0.6 is 12.2 Å². The maximum Gasteiger partial charge on any atom is 0.281 e. The van der Waals surface area contributed by atoms with E-state index in [2.05, 4.69) is 37.9 Å². The van der Waals surface area contributed by atoms with Gasteiger partial charge in [0.15, 0.2) is 5.11 Å². The first kappa shape index (κ1) is 17.3. The molecule has 0 spiro atoms. The molecular weight excluding hydrogens is 330 g/mol. The van der Waals surface area contributed by atoms with Crippen molar-refractivity contribution in [1.82, 2.24) is 9.88 Å². The lowest BCUT2D eigenvalue weighted by molar-refractivity contribution is -0.114. The molecule has 1 aromatic carbocycles. The van der Waals surface area contributed by atoms with Gasteiger partial charge in [-0.3, -0.25) is 9.78 Å². The second kappa shape index (κ2) is 6.41. The fourth-order valence-electron chi connectivity index (χ4n) is 2.71. The van der Waals surface area contributed by atoms with Gasteiger partial charge in [0.2, 0.25) is 0 Å². The van der Waals surface area contributed by atoms with Crippen molar-refractivity contribution < 1.29 is 4.79 Å². The molecule has 1 aliphatic rings. The molecule has 0 bridgehead atoms. The number of pyridine rings is 1. The summed E-state index contributed by atoms with van der Waals surface area (Å²) in [5, 5.41) is 0.454. The predicted octanol–water partition coefficient (Wildman–Crippen LogP) is 3.98. The van der Waals surface area contributed by atoms with Crippen molar-refractivity contribution >= 4 is 35.0 Å². The van der Waals surface area contributed by atoms with Crippen LogP contribution in [0, 0.1) is 0 Å². The van der Waals surface area contributed by atoms with E-state index < -0.39 is 0 Å². The van der Waals surface area contributed by atoms with Gasteiger partial charge in [-0.2, -0.15) is 0 Å². The van der Waals surface area contributed by atoms with Crippen LogP contribution in [0.2, 0.25) is 0 Å². The molecule has 5 heteroatoms. The third-order valence-electron chi connectivity index (χ3n) is 4.25. The van der Waals surface area contributed by atoms with Gasteiger partial charge in [0.05, 0.1) is 11.9 Å². The van der Waals surface area contributed by atoms with Crippen LogP contribution in [0.5, 0.6) is 0 Å². The van der Waals surface area contributed by atoms with E-state index in [9.17, 15) is 4.79 Å². The summed E-state index contributed by atoms with van der Waals surface area (Å²) in [6, 6.07) is 11.9. The Balaban J connectivity index is 1.93. The van der Waals surface area contributed by atoms with Crippen LogP contribution in [-0.4, -0.2) is 28.0 Å². The first-order valence-corrected chi connectivity index (χ1v) is 8.54. The summed E-state index contributed by atoms with van der Waals surface area (Å²) in [6.07, 6.45) is 5.18. The number of aromatic nitrogens is 1. The Kier molecular flexibility index (Phi) is 4.43. The fraction of sp³-hybridized carbons (Fsp3) is 0.250. The number of nitrogens with zero attached hydrogens (tertiary/aromatic N) is 3. The smallest absolute Gasteiger partial charge is 0.281 e. The number of hydrogen-bond donors (Lipinski definition) is 0. The lowest BCUT2D eigenvalue weighted by atomic mass is 9.87. The highest BCUT2D eigenvalue weighted by Crippen LogP contribution is 2.28. The lowest BCUT2D eigenvalue weighted by Crippen LogP contribution is -2.31. The average molecular weight is 351 g/mol. The van der Waals surface area contributed by atoms with E-state index in [1.165, 1.54) is 10.5 Å². The largest absolute Gasteiger partial charge is 0.317 e. The van der Waals surface area contributed by atoms with E-state index in [4.69, 9.17) is 12.2 Å². The minimum Gasteiger partial charge on any atom is -0.317 e. The standard InChI is InChI=1S/C20H21N3OS/c1-20(2,3)15-9-7-14(8-10-15)12-17-18(24)23(19(25)22(17)4)16-6-5-11-21-13-16/h5-13H,1-4H3/b17-12+. The molecule has 3 rings (SSSR count). The number of hydrogen-bond acceptors (Lipinski definition) is 3. The minimum atomic E-state index is -0.139. The van der Waals surface area contributed by atoms with E-state index in [1.807, 2.05) is 31.3 Å². The number of amides is 1. The van der Waals surface area contributed by atoms with Crippen molar-refractivity contribution in [3.63, 3.8) is 0 Å². The Labute approximate surface area is 153 Å². The Morgan fingerprint density at radius 1 is 1.12 bits per heavy atom. The van der Waals surface area contributed by atoms with Crippen molar-refractivity contribution in [2.24, 2.45) is 0 Å². The molecule has 0 unspecified atom stereocenters. The SMILES string of the molecule is CN1C(=S)N(c2cccnc2)C(=O)/C1=C\c1ccc(C(C)(C)C)cc1. The van der Waals surface area contributed by atoms with Crippen LogP contribution in [0.25, 0.3) is 6.08 Å². The summed E-state index contributed by atoms with van der Waals surface area (Å²) in [5.74, 6) is -0.139. The van der Waals surface area contributed by atoms with Crippen LogP contribution in [0.3, 0.4) is 0 Å². The average Bonchev–Trinajstić information content (AvgIpc) is 2.79. The number of carbonyl (C=O) groups excluding carboxylic acids is 1. The van der Waals surface area contributed by atoms with Gasteiger partial charge in [0, 0.05) is 13.2 Å². The number of benzene rings is 1. The molecule has 0 atom stereocenters. The highest BCUT2D eigenvalue weighted by Gasteiger charge is 2.36. The summed E-state index contributed by atoms with van der Waals surface area (Å²) in [4.78, 5) is 20.2. The molecule has 2 aromatic rings. The normalized spacial score (nSPS) is 16.9. The first-order valence-electron chi connectivity index (χ1n) is 8.13. The third kappa shape index (κ3) is 3.33. The molecule has 4 nitrogen and oxygen atoms in total. The van der Waals surface area contributed by atoms with Gasteiger partial charge in [-0.1, -0.05) is 45.0 Å². The topological polar surface area (TPSA) is 36.4 Å². The molecule has 128 valence electrons. The number of anilines is 1. The maximum absolute atomic E-state index is 12.9. The van der Waals surface area contributed by atoms with Gasteiger partial charge < -0.3 is 4.90 Å². The van der Waals surface area contributed by atoms with Crippen LogP contribution in [-0.2, 0) is 10.2 Å². The molecule has 1 fully saturated rings. The van der Waals surface area contributed by atoms with Crippen LogP contribution in [0.1, 0.15) is 31.9 Å². The number of thiocarbonyl (C=S) groups is 1. The minimum absolute atomic E-state index is 0.102. The Hall–Kier alpha value is -2.53. The van der Waals surface area contributed by atoms with Gasteiger partial charge >= 0.3 is 0 Å². The number of rotatable bonds is 2. The lowest BCUT2D eigenvalue weighted by Gasteiger charge is -2.19. The van der Waals surface area contributed by atoms with Crippen LogP contribution in [0.15, 0.2) is 54.5 Å². The van der Waals surface area contributed by atoms with Gasteiger partial charge in [-0.25, -0.2) is 4.90 Å². The Bertz CT molecular complexity index is 835. The van der Waals surface area contributed by atoms with Crippen molar-refractivity contribution in [2.75, 3.05) is 11.9 Å². The molecular formula is C20H21N3OS. The molecule has 1 aliphatic heterocycles. The zero-order valence-electron chi connectivity index (χ0n) is 14.9. The molecule has 0 N–H and O–H groups in total. The van der Waals surface area contributed by atoms with Gasteiger partial charge in [-0.05, 0) is 47.0 Å². The second-order valence-corrected chi connectivity index (χ2v) is 7.46. The summed E-state index contributed by atoms with van der Waals surface area (Å²) >= 11 is 5.45. The molecule has 1 aromatic heterocycles. The molecule has 0 aliphatic carbocycles. The van der Waals surface area contributed by atoms with Gasteiger partial charge in [0.25, 0.3) is 5.91 Å². The van der Waals surface area contributed by atoms with Crippen molar-refractivity contribution in [3.8, 4) is 0 Å². The van der Waals surface area contributed by atoms with Crippen LogP contribution < -0.4 is 4.90 Å². The molecule has 1 amide bonds. The molecule has 25 heavy (non-hydrogen) atoms. The highest BCUT2D eigenvalue weighted by molar-refractivity contribution is 7.80. The van der Waals surface area contributed by atoms with Crippen LogP contribution in [0.4, 0.5) is 5.69 Å². The Morgan fingerprint density at radius 2 is 1.80 bits per heavy atom. The summed E-state index contributed by atoms with van der Waals surface area (Å²) in [7, 11) is 1.81. The summed E-state index contributed by atoms with van der Waals surface area (Å²) in [5.41, 5.74) is 3.56. The number of likely N-dealkylation sites (N-methyl/N-ethyl adjacent to an activating group) is 1. The van der Waals surface area contributed by atoms with Crippen molar-refractivity contribution in [3.05, 3.63) is 65.6 Å². The zero-order valence-corrected chi connectivity index (χ0v) is 15.7. The van der Waals surface area contributed by atoms with E-state index in [0.717, 1.165) is 5.56 Å². The second-order valence-electron chi connectivity index (χ2n) is 7.09. The van der Waals surface area contributed by atoms with E-state index >= 15 is 0 Å². The monoisotopic (exact) mass is 351 g/mol. The van der Waals surface area contributed by atoms with E-state index in [-0.39, 0.29) is 11.3 Å². The Morgan fingerprint density at radius 3 is 2.36 bits per heavy atom. The molecule has 2 heterocycles. The molecule has 0 radical (unpaired) electrons. The van der Waals surface area contributed by atoms with Gasteiger partial charge in [0.1, 0.15) is 5.70 Å². The summed E-state index contributed by atoms with van der Waals surface area (Å²) < 4.78 is 0. The predicted molar refractivity (Wildman–Crippen MR) is 105 cm³/mol.